The van der Waals surface area contributed by atoms with Crippen LogP contribution in [0.25, 0.3) is 16.9 Å². The average molecular weight is 437 g/mol. The SMILES string of the molecule is Cc1ccccc1N1CCc2nn(-c3c(C)cccc3C)c(-c3ccc(N(C)C)cc3)c2C1. The summed E-state index contributed by atoms with van der Waals surface area (Å²) in [4.78, 5) is 4.65. The van der Waals surface area contributed by atoms with Crippen LogP contribution in [-0.4, -0.2) is 30.4 Å². The highest BCUT2D eigenvalue weighted by molar-refractivity contribution is 5.72. The first-order chi connectivity index (χ1) is 15.9. The summed E-state index contributed by atoms with van der Waals surface area (Å²) in [6.07, 6.45) is 0.949. The Balaban J connectivity index is 1.69. The van der Waals surface area contributed by atoms with E-state index >= 15 is 0 Å². The molecule has 3 aromatic carbocycles. The number of aromatic nitrogens is 2. The molecule has 0 amide bonds. The third-order valence-electron chi connectivity index (χ3n) is 6.80. The molecule has 1 aromatic heterocycles. The number of anilines is 2. The molecular formula is C29H32N4. The summed E-state index contributed by atoms with van der Waals surface area (Å²) in [7, 11) is 4.16. The minimum Gasteiger partial charge on any atom is -0.378 e. The van der Waals surface area contributed by atoms with Gasteiger partial charge in [0.05, 0.1) is 17.1 Å². The van der Waals surface area contributed by atoms with Crippen molar-refractivity contribution in [3.05, 3.63) is 94.7 Å². The van der Waals surface area contributed by atoms with Crippen LogP contribution in [0.5, 0.6) is 0 Å². The Kier molecular flexibility index (Phi) is 5.45. The Morgan fingerprint density at radius 3 is 2.12 bits per heavy atom. The molecule has 1 aliphatic rings. The maximum atomic E-state index is 5.21. The van der Waals surface area contributed by atoms with E-state index in [1.54, 1.807) is 0 Å². The van der Waals surface area contributed by atoms with E-state index < -0.39 is 0 Å². The number of nitrogens with zero attached hydrogens (tertiary/aromatic N) is 4. The molecule has 0 bridgehead atoms. The van der Waals surface area contributed by atoms with E-state index in [0.29, 0.717) is 0 Å². The van der Waals surface area contributed by atoms with Crippen LogP contribution in [0.15, 0.2) is 66.7 Å². The van der Waals surface area contributed by atoms with E-state index in [2.05, 4.69) is 116 Å². The van der Waals surface area contributed by atoms with E-state index in [4.69, 9.17) is 5.10 Å². The molecule has 0 N–H and O–H groups in total. The fourth-order valence-corrected chi connectivity index (χ4v) is 5.01. The van der Waals surface area contributed by atoms with Gasteiger partial charge in [-0.2, -0.15) is 5.10 Å². The molecule has 0 atom stereocenters. The molecule has 0 unspecified atom stereocenters. The lowest BCUT2D eigenvalue weighted by atomic mass is 9.99. The van der Waals surface area contributed by atoms with Crippen LogP contribution >= 0.6 is 0 Å². The van der Waals surface area contributed by atoms with Crippen molar-refractivity contribution in [1.29, 1.82) is 0 Å². The largest absolute Gasteiger partial charge is 0.378 e. The van der Waals surface area contributed by atoms with E-state index in [9.17, 15) is 0 Å². The molecule has 0 aliphatic carbocycles. The molecule has 0 spiro atoms. The monoisotopic (exact) mass is 436 g/mol. The van der Waals surface area contributed by atoms with Gasteiger partial charge in [-0.05, 0) is 55.7 Å². The van der Waals surface area contributed by atoms with Gasteiger partial charge in [-0.1, -0.05) is 48.5 Å². The number of hydrogen-bond acceptors (Lipinski definition) is 3. The number of para-hydroxylation sites is 2. The molecule has 1 aliphatic heterocycles. The van der Waals surface area contributed by atoms with Gasteiger partial charge in [0.15, 0.2) is 0 Å². The third kappa shape index (κ3) is 3.80. The molecule has 0 fully saturated rings. The van der Waals surface area contributed by atoms with Crippen LogP contribution in [0.2, 0.25) is 0 Å². The molecule has 0 saturated heterocycles. The summed E-state index contributed by atoms with van der Waals surface area (Å²) >= 11 is 0. The second-order valence-corrected chi connectivity index (χ2v) is 9.33. The van der Waals surface area contributed by atoms with Crippen LogP contribution < -0.4 is 9.80 Å². The summed E-state index contributed by atoms with van der Waals surface area (Å²) in [5.41, 5.74) is 12.5. The highest BCUT2D eigenvalue weighted by Gasteiger charge is 2.27. The fourth-order valence-electron chi connectivity index (χ4n) is 5.01. The van der Waals surface area contributed by atoms with Crippen molar-refractivity contribution in [2.45, 2.75) is 33.7 Å². The predicted octanol–water partition coefficient (Wildman–Crippen LogP) is 6.09. The van der Waals surface area contributed by atoms with Crippen molar-refractivity contribution in [3.8, 4) is 16.9 Å². The molecule has 0 saturated carbocycles. The van der Waals surface area contributed by atoms with Gasteiger partial charge in [0.1, 0.15) is 0 Å². The Morgan fingerprint density at radius 1 is 0.788 bits per heavy atom. The normalized spacial score (nSPS) is 13.2. The standard InChI is InChI=1S/C29H32N4/c1-20-9-6-7-12-27(20)32-18-17-26-25(19-32)29(23-13-15-24(16-14-23)31(4)5)33(30-26)28-21(2)10-8-11-22(28)3/h6-16H,17-19H2,1-5H3. The van der Waals surface area contributed by atoms with Crippen molar-refractivity contribution < 1.29 is 0 Å². The van der Waals surface area contributed by atoms with E-state index in [1.807, 2.05) is 0 Å². The van der Waals surface area contributed by atoms with Gasteiger partial charge in [0.2, 0.25) is 0 Å². The van der Waals surface area contributed by atoms with Crippen LogP contribution in [0.3, 0.4) is 0 Å². The molecule has 5 rings (SSSR count). The van der Waals surface area contributed by atoms with Crippen molar-refractivity contribution in [2.24, 2.45) is 0 Å². The number of fused-ring (bicyclic) bond motifs is 1. The predicted molar refractivity (Wildman–Crippen MR) is 139 cm³/mol. The minimum atomic E-state index is 0.871. The first-order valence-electron chi connectivity index (χ1n) is 11.7. The van der Waals surface area contributed by atoms with Gasteiger partial charge in [-0.15, -0.1) is 0 Å². The zero-order chi connectivity index (χ0) is 23.1. The van der Waals surface area contributed by atoms with E-state index in [1.165, 1.54) is 56.3 Å². The van der Waals surface area contributed by atoms with Crippen LogP contribution in [0.1, 0.15) is 27.9 Å². The summed E-state index contributed by atoms with van der Waals surface area (Å²) in [5, 5.41) is 5.21. The quantitative estimate of drug-likeness (QED) is 0.387. The lowest BCUT2D eigenvalue weighted by molar-refractivity contribution is 0.713. The van der Waals surface area contributed by atoms with E-state index in [-0.39, 0.29) is 0 Å². The summed E-state index contributed by atoms with van der Waals surface area (Å²) in [6, 6.07) is 24.1. The fraction of sp³-hybridized carbons (Fsp3) is 0.276. The zero-order valence-corrected chi connectivity index (χ0v) is 20.3. The molecule has 2 heterocycles. The van der Waals surface area contributed by atoms with Gasteiger partial charge < -0.3 is 9.80 Å². The maximum absolute atomic E-state index is 5.21. The summed E-state index contributed by atoms with van der Waals surface area (Å²) < 4.78 is 2.21. The highest BCUT2D eigenvalue weighted by atomic mass is 15.3. The van der Waals surface area contributed by atoms with Gasteiger partial charge in [-0.25, -0.2) is 4.68 Å². The van der Waals surface area contributed by atoms with Gasteiger partial charge in [-0.3, -0.25) is 0 Å². The second-order valence-electron chi connectivity index (χ2n) is 9.33. The minimum absolute atomic E-state index is 0.871. The number of rotatable bonds is 4. The zero-order valence-electron chi connectivity index (χ0n) is 20.3. The number of hydrogen-bond donors (Lipinski definition) is 0. The maximum Gasteiger partial charge on any atom is 0.0794 e. The second kappa shape index (κ2) is 8.43. The highest BCUT2D eigenvalue weighted by Crippen LogP contribution is 2.36. The Hall–Kier alpha value is -3.53. The smallest absolute Gasteiger partial charge is 0.0794 e. The lowest BCUT2D eigenvalue weighted by Gasteiger charge is -2.30. The Bertz CT molecular complexity index is 1280. The average Bonchev–Trinajstić information content (AvgIpc) is 3.17. The summed E-state index contributed by atoms with van der Waals surface area (Å²) in [6.45, 7) is 8.42. The number of benzene rings is 3. The third-order valence-corrected chi connectivity index (χ3v) is 6.80. The molecule has 4 aromatic rings. The first-order valence-corrected chi connectivity index (χ1v) is 11.7. The van der Waals surface area contributed by atoms with Crippen molar-refractivity contribution in [1.82, 2.24) is 9.78 Å². The van der Waals surface area contributed by atoms with Crippen molar-refractivity contribution >= 4 is 11.4 Å². The first kappa shape index (κ1) is 21.3. The van der Waals surface area contributed by atoms with Crippen LogP contribution in [0.4, 0.5) is 11.4 Å². The van der Waals surface area contributed by atoms with Gasteiger partial charge >= 0.3 is 0 Å². The van der Waals surface area contributed by atoms with Crippen LogP contribution in [-0.2, 0) is 13.0 Å². The van der Waals surface area contributed by atoms with E-state index in [0.717, 1.165) is 19.5 Å². The topological polar surface area (TPSA) is 24.3 Å². The van der Waals surface area contributed by atoms with Crippen molar-refractivity contribution in [3.63, 3.8) is 0 Å². The molecule has 4 nitrogen and oxygen atoms in total. The van der Waals surface area contributed by atoms with Gasteiger partial charge in [0.25, 0.3) is 0 Å². The Morgan fingerprint density at radius 2 is 1.45 bits per heavy atom. The molecule has 33 heavy (non-hydrogen) atoms. The summed E-state index contributed by atoms with van der Waals surface area (Å²) in [5.74, 6) is 0. The molecular weight excluding hydrogens is 404 g/mol. The molecule has 168 valence electrons. The van der Waals surface area contributed by atoms with Crippen molar-refractivity contribution in [2.75, 3.05) is 30.4 Å². The molecule has 4 heteroatoms. The Labute approximate surface area is 197 Å². The van der Waals surface area contributed by atoms with Crippen LogP contribution in [0, 0.1) is 20.8 Å². The molecule has 0 radical (unpaired) electrons. The van der Waals surface area contributed by atoms with Gasteiger partial charge in [0, 0.05) is 56.1 Å². The number of aryl methyl sites for hydroxylation is 3. The lowest BCUT2D eigenvalue weighted by Crippen LogP contribution is -2.30.